The van der Waals surface area contributed by atoms with E-state index in [1.54, 1.807) is 18.3 Å². The Morgan fingerprint density at radius 3 is 2.89 bits per heavy atom. The molecule has 0 aromatic carbocycles. The lowest BCUT2D eigenvalue weighted by molar-refractivity contribution is 0.746. The monoisotopic (exact) mass is 241 g/mol. The predicted octanol–water partition coefficient (Wildman–Crippen LogP) is 1.86. The van der Waals surface area contributed by atoms with Gasteiger partial charge in [0.05, 0.1) is 11.3 Å². The molecule has 0 saturated heterocycles. The quantitative estimate of drug-likeness (QED) is 0.887. The van der Waals surface area contributed by atoms with E-state index >= 15 is 0 Å². The van der Waals surface area contributed by atoms with Gasteiger partial charge in [0, 0.05) is 31.5 Å². The molecule has 2 aromatic heterocycles. The van der Waals surface area contributed by atoms with Gasteiger partial charge >= 0.3 is 0 Å². The summed E-state index contributed by atoms with van der Waals surface area (Å²) in [6.07, 6.45) is 4.49. The lowest BCUT2D eigenvalue weighted by Crippen LogP contribution is -2.02. The van der Waals surface area contributed by atoms with Crippen molar-refractivity contribution in [3.63, 3.8) is 0 Å². The van der Waals surface area contributed by atoms with E-state index in [9.17, 15) is 0 Å². The van der Waals surface area contributed by atoms with Crippen molar-refractivity contribution in [1.29, 1.82) is 5.26 Å². The first-order valence-electron chi connectivity index (χ1n) is 5.84. The Labute approximate surface area is 106 Å². The summed E-state index contributed by atoms with van der Waals surface area (Å²) in [4.78, 5) is 4.17. The molecule has 0 amide bonds. The molecule has 0 aliphatic carbocycles. The van der Waals surface area contributed by atoms with Gasteiger partial charge in [-0.1, -0.05) is 6.92 Å². The highest BCUT2D eigenvalue weighted by atomic mass is 15.3. The molecule has 0 aliphatic heterocycles. The Morgan fingerprint density at radius 1 is 1.44 bits per heavy atom. The number of pyridine rings is 1. The van der Waals surface area contributed by atoms with Gasteiger partial charge in [0.2, 0.25) is 0 Å². The number of hydrogen-bond donors (Lipinski definition) is 1. The van der Waals surface area contributed by atoms with Crippen LogP contribution in [0.15, 0.2) is 24.5 Å². The van der Waals surface area contributed by atoms with Crippen molar-refractivity contribution >= 4 is 5.82 Å². The Morgan fingerprint density at radius 2 is 2.28 bits per heavy atom. The van der Waals surface area contributed by atoms with Crippen LogP contribution in [0.3, 0.4) is 0 Å². The van der Waals surface area contributed by atoms with E-state index in [1.807, 2.05) is 24.0 Å². The molecule has 0 saturated carbocycles. The molecule has 92 valence electrons. The van der Waals surface area contributed by atoms with Gasteiger partial charge in [0.1, 0.15) is 11.9 Å². The minimum absolute atomic E-state index is 0.566. The maximum atomic E-state index is 8.69. The zero-order chi connectivity index (χ0) is 13.0. The molecule has 18 heavy (non-hydrogen) atoms. The molecule has 5 heteroatoms. The molecule has 0 aliphatic rings. The number of nitriles is 1. The summed E-state index contributed by atoms with van der Waals surface area (Å²) in [5.74, 6) is 0.764. The Kier molecular flexibility index (Phi) is 3.58. The molecule has 1 N–H and O–H groups in total. The molecule has 2 heterocycles. The second-order valence-electron chi connectivity index (χ2n) is 4.03. The van der Waals surface area contributed by atoms with Gasteiger partial charge in [-0.2, -0.15) is 10.4 Å². The van der Waals surface area contributed by atoms with Crippen LogP contribution >= 0.6 is 0 Å². The van der Waals surface area contributed by atoms with E-state index in [1.165, 1.54) is 5.56 Å². The Hall–Kier alpha value is -2.35. The van der Waals surface area contributed by atoms with Crippen molar-refractivity contribution in [3.05, 3.63) is 41.3 Å². The number of hydrogen-bond acceptors (Lipinski definition) is 4. The smallest absolute Gasteiger partial charge is 0.126 e. The highest BCUT2D eigenvalue weighted by Gasteiger charge is 2.05. The first-order chi connectivity index (χ1) is 8.72. The minimum atomic E-state index is 0.566. The fourth-order valence-corrected chi connectivity index (χ4v) is 1.78. The van der Waals surface area contributed by atoms with Crippen LogP contribution in [-0.2, 0) is 20.0 Å². The number of aromatic nitrogens is 3. The number of rotatable bonds is 4. The molecule has 0 atom stereocenters. The topological polar surface area (TPSA) is 66.5 Å². The highest BCUT2D eigenvalue weighted by molar-refractivity contribution is 5.39. The van der Waals surface area contributed by atoms with Gasteiger partial charge in [-0.05, 0) is 18.6 Å². The van der Waals surface area contributed by atoms with Crippen molar-refractivity contribution in [2.75, 3.05) is 5.32 Å². The summed E-state index contributed by atoms with van der Waals surface area (Å²) < 4.78 is 1.82. The van der Waals surface area contributed by atoms with Crippen LogP contribution in [0, 0.1) is 11.3 Å². The van der Waals surface area contributed by atoms with Gasteiger partial charge in [-0.3, -0.25) is 4.68 Å². The Balaban J connectivity index is 2.04. The van der Waals surface area contributed by atoms with Crippen molar-refractivity contribution in [2.45, 2.75) is 19.9 Å². The standard InChI is InChI=1S/C13H15N5/c1-3-12-11(9-18(2)17-12)8-16-13-5-4-10(6-14)7-15-13/h4-5,7,9H,3,8H2,1-2H3,(H,15,16). The number of nitrogens with zero attached hydrogens (tertiary/aromatic N) is 4. The third-order valence-corrected chi connectivity index (χ3v) is 2.68. The van der Waals surface area contributed by atoms with Gasteiger partial charge in [0.25, 0.3) is 0 Å². The molecule has 0 spiro atoms. The molecule has 2 rings (SSSR count). The van der Waals surface area contributed by atoms with Crippen LogP contribution in [0.4, 0.5) is 5.82 Å². The zero-order valence-corrected chi connectivity index (χ0v) is 10.5. The molecule has 0 fully saturated rings. The molecule has 2 aromatic rings. The fraction of sp³-hybridized carbons (Fsp3) is 0.308. The summed E-state index contributed by atoms with van der Waals surface area (Å²) in [6, 6.07) is 5.60. The van der Waals surface area contributed by atoms with E-state index in [-0.39, 0.29) is 0 Å². The van der Waals surface area contributed by atoms with Crippen LogP contribution in [0.25, 0.3) is 0 Å². The van der Waals surface area contributed by atoms with E-state index in [0.717, 1.165) is 17.9 Å². The second kappa shape index (κ2) is 5.32. The second-order valence-corrected chi connectivity index (χ2v) is 4.03. The van der Waals surface area contributed by atoms with Crippen molar-refractivity contribution < 1.29 is 0 Å². The van der Waals surface area contributed by atoms with Gasteiger partial charge in [-0.15, -0.1) is 0 Å². The van der Waals surface area contributed by atoms with Crippen LogP contribution in [-0.4, -0.2) is 14.8 Å². The van der Waals surface area contributed by atoms with Gasteiger partial charge in [0.15, 0.2) is 0 Å². The fourth-order valence-electron chi connectivity index (χ4n) is 1.78. The van der Waals surface area contributed by atoms with Gasteiger partial charge < -0.3 is 5.32 Å². The Bertz CT molecular complexity index is 562. The van der Waals surface area contributed by atoms with Crippen LogP contribution in [0.2, 0.25) is 0 Å². The number of aryl methyl sites for hydroxylation is 2. The lowest BCUT2D eigenvalue weighted by Gasteiger charge is -2.04. The van der Waals surface area contributed by atoms with E-state index < -0.39 is 0 Å². The zero-order valence-electron chi connectivity index (χ0n) is 10.5. The minimum Gasteiger partial charge on any atom is -0.366 e. The maximum Gasteiger partial charge on any atom is 0.126 e. The highest BCUT2D eigenvalue weighted by Crippen LogP contribution is 2.10. The normalized spacial score (nSPS) is 10.1. The average Bonchev–Trinajstić information content (AvgIpc) is 2.77. The number of nitrogens with one attached hydrogen (secondary N) is 1. The van der Waals surface area contributed by atoms with E-state index in [2.05, 4.69) is 22.3 Å². The molecule has 5 nitrogen and oxygen atoms in total. The molecule has 0 unspecified atom stereocenters. The van der Waals surface area contributed by atoms with E-state index in [4.69, 9.17) is 5.26 Å². The lowest BCUT2D eigenvalue weighted by atomic mass is 10.2. The molecular formula is C13H15N5. The van der Waals surface area contributed by atoms with Crippen LogP contribution in [0.1, 0.15) is 23.7 Å². The van der Waals surface area contributed by atoms with Crippen molar-refractivity contribution in [1.82, 2.24) is 14.8 Å². The number of anilines is 1. The summed E-state index contributed by atoms with van der Waals surface area (Å²) in [7, 11) is 1.92. The summed E-state index contributed by atoms with van der Waals surface area (Å²) in [5.41, 5.74) is 2.83. The maximum absolute atomic E-state index is 8.69. The average molecular weight is 241 g/mol. The summed E-state index contributed by atoms with van der Waals surface area (Å²) in [6.45, 7) is 2.78. The van der Waals surface area contributed by atoms with Gasteiger partial charge in [-0.25, -0.2) is 4.98 Å². The van der Waals surface area contributed by atoms with Crippen LogP contribution in [0.5, 0.6) is 0 Å². The summed E-state index contributed by atoms with van der Waals surface area (Å²) >= 11 is 0. The third-order valence-electron chi connectivity index (χ3n) is 2.68. The first kappa shape index (κ1) is 12.1. The third kappa shape index (κ3) is 2.66. The van der Waals surface area contributed by atoms with Crippen molar-refractivity contribution in [3.8, 4) is 6.07 Å². The first-order valence-corrected chi connectivity index (χ1v) is 5.84. The molecule has 0 radical (unpaired) electrons. The van der Waals surface area contributed by atoms with Crippen LogP contribution < -0.4 is 5.32 Å². The van der Waals surface area contributed by atoms with Crippen molar-refractivity contribution in [2.24, 2.45) is 7.05 Å². The predicted molar refractivity (Wildman–Crippen MR) is 68.9 cm³/mol. The summed E-state index contributed by atoms with van der Waals surface area (Å²) in [5, 5.41) is 16.3. The SMILES string of the molecule is CCc1nn(C)cc1CNc1ccc(C#N)cn1. The largest absolute Gasteiger partial charge is 0.366 e. The molecule has 0 bridgehead atoms. The molecular weight excluding hydrogens is 226 g/mol. The van der Waals surface area contributed by atoms with E-state index in [0.29, 0.717) is 12.1 Å².